The molecule has 2 heterocycles. The van der Waals surface area contributed by atoms with Crippen molar-refractivity contribution in [3.05, 3.63) is 64.1 Å². The van der Waals surface area contributed by atoms with Gasteiger partial charge >= 0.3 is 0 Å². The average Bonchev–Trinajstić information content (AvgIpc) is 2.90. The molecule has 0 spiro atoms. The Labute approximate surface area is 135 Å². The summed E-state index contributed by atoms with van der Waals surface area (Å²) in [6.45, 7) is 5.61. The first-order chi connectivity index (χ1) is 11.0. The van der Waals surface area contributed by atoms with Crippen LogP contribution < -0.4 is 10.3 Å². The summed E-state index contributed by atoms with van der Waals surface area (Å²) >= 11 is 0. The predicted molar refractivity (Wildman–Crippen MR) is 90.8 cm³/mol. The number of allylic oxidation sites excluding steroid dienone is 1. The zero-order valence-electron chi connectivity index (χ0n) is 13.6. The summed E-state index contributed by atoms with van der Waals surface area (Å²) in [5.41, 5.74) is 2.36. The quantitative estimate of drug-likeness (QED) is 0.857. The number of aliphatic hydroxyl groups excluding tert-OH is 1. The number of fused-ring (bicyclic) bond motifs is 1. The van der Waals surface area contributed by atoms with Crippen LogP contribution in [0.3, 0.4) is 0 Å². The predicted octanol–water partition coefficient (Wildman–Crippen LogP) is 3.02. The highest BCUT2D eigenvalue weighted by atomic mass is 16.5. The topological polar surface area (TPSA) is 62.3 Å². The minimum absolute atomic E-state index is 0.156. The van der Waals surface area contributed by atoms with Crippen molar-refractivity contribution in [3.8, 4) is 16.9 Å². The van der Waals surface area contributed by atoms with E-state index in [0.717, 1.165) is 16.7 Å². The fraction of sp³-hybridized carbons (Fsp3) is 0.316. The number of ether oxygens (including phenoxy) is 1. The van der Waals surface area contributed by atoms with E-state index in [4.69, 9.17) is 4.74 Å². The summed E-state index contributed by atoms with van der Waals surface area (Å²) in [7, 11) is 0. The summed E-state index contributed by atoms with van der Waals surface area (Å²) in [5.74, 6) is 0.572. The van der Waals surface area contributed by atoms with E-state index in [2.05, 4.69) is 4.98 Å². The lowest BCUT2D eigenvalue weighted by Gasteiger charge is -2.28. The van der Waals surface area contributed by atoms with Gasteiger partial charge in [-0.2, -0.15) is 0 Å². The second-order valence-corrected chi connectivity index (χ2v) is 6.21. The molecule has 1 aromatic carbocycles. The molecule has 120 valence electrons. The van der Waals surface area contributed by atoms with Crippen LogP contribution in [0.1, 0.15) is 26.3 Å². The van der Waals surface area contributed by atoms with Crippen molar-refractivity contribution in [2.45, 2.75) is 32.3 Å². The summed E-state index contributed by atoms with van der Waals surface area (Å²) in [4.78, 5) is 15.3. The third-order valence-electron chi connectivity index (χ3n) is 4.71. The third-order valence-corrected chi connectivity index (χ3v) is 4.71. The maximum Gasteiger partial charge on any atom is 0.255 e. The van der Waals surface area contributed by atoms with Crippen LogP contribution in [0.15, 0.2) is 53.0 Å². The van der Waals surface area contributed by atoms with E-state index < -0.39 is 5.41 Å². The van der Waals surface area contributed by atoms with Crippen molar-refractivity contribution < 1.29 is 9.84 Å². The van der Waals surface area contributed by atoms with Crippen LogP contribution in [0.5, 0.6) is 5.75 Å². The molecule has 0 radical (unpaired) electrons. The Morgan fingerprint density at radius 1 is 1.39 bits per heavy atom. The van der Waals surface area contributed by atoms with Crippen molar-refractivity contribution in [1.29, 1.82) is 0 Å². The monoisotopic (exact) mass is 311 g/mol. The van der Waals surface area contributed by atoms with Gasteiger partial charge in [-0.15, -0.1) is 0 Å². The molecule has 1 aliphatic heterocycles. The summed E-state index contributed by atoms with van der Waals surface area (Å²) in [5, 5.41) is 10.0. The van der Waals surface area contributed by atoms with E-state index in [-0.39, 0.29) is 18.3 Å². The Hall–Kier alpha value is -2.33. The minimum Gasteiger partial charge on any atom is -0.484 e. The van der Waals surface area contributed by atoms with Gasteiger partial charge in [-0.1, -0.05) is 36.4 Å². The minimum atomic E-state index is -0.760. The Balaban J connectivity index is 2.26. The number of nitrogens with one attached hydrogen (secondary N) is 1. The van der Waals surface area contributed by atoms with Crippen molar-refractivity contribution in [2.24, 2.45) is 0 Å². The van der Waals surface area contributed by atoms with Gasteiger partial charge in [0, 0.05) is 11.8 Å². The molecule has 0 saturated heterocycles. The van der Waals surface area contributed by atoms with Gasteiger partial charge < -0.3 is 14.8 Å². The second-order valence-electron chi connectivity index (χ2n) is 6.21. The zero-order chi connectivity index (χ0) is 16.6. The molecule has 1 aromatic heterocycles. The van der Waals surface area contributed by atoms with Crippen LogP contribution in [-0.4, -0.2) is 22.8 Å². The molecule has 0 saturated carbocycles. The van der Waals surface area contributed by atoms with Crippen molar-refractivity contribution in [3.63, 3.8) is 0 Å². The number of H-pyrrole nitrogens is 1. The van der Waals surface area contributed by atoms with Crippen molar-refractivity contribution in [1.82, 2.24) is 4.98 Å². The number of aromatic amines is 1. The van der Waals surface area contributed by atoms with E-state index in [0.29, 0.717) is 11.3 Å². The van der Waals surface area contributed by atoms with Gasteiger partial charge in [0.2, 0.25) is 0 Å². The summed E-state index contributed by atoms with van der Waals surface area (Å²) in [6.07, 6.45) is 3.29. The van der Waals surface area contributed by atoms with E-state index in [1.54, 1.807) is 6.20 Å². The highest BCUT2D eigenvalue weighted by molar-refractivity contribution is 5.73. The van der Waals surface area contributed by atoms with E-state index in [9.17, 15) is 9.90 Å². The Morgan fingerprint density at radius 3 is 2.70 bits per heavy atom. The fourth-order valence-electron chi connectivity index (χ4n) is 3.27. The standard InChI is InChI=1S/C19H21NO3/c1-4-12(2)17-19(3,11-21)15-16(23-17)14(10-20-18(15)22)13-8-6-5-7-9-13/h4-10,17,21H,11H2,1-3H3,(H,20,22)/b12-4+/t17-,19-/m0/s1. The number of hydrogen-bond acceptors (Lipinski definition) is 3. The SMILES string of the molecule is C/C=C(\C)[C@@H]1Oc2c(-c3ccccc3)c[nH]c(=O)c2[C@]1(C)CO. The van der Waals surface area contributed by atoms with Crippen molar-refractivity contribution in [2.75, 3.05) is 6.61 Å². The van der Waals surface area contributed by atoms with Crippen molar-refractivity contribution >= 4 is 0 Å². The van der Waals surface area contributed by atoms with Crippen LogP contribution in [0.2, 0.25) is 0 Å². The molecule has 0 unspecified atom stereocenters. The molecule has 2 N–H and O–H groups in total. The maximum absolute atomic E-state index is 12.5. The van der Waals surface area contributed by atoms with Gasteiger partial charge in [-0.05, 0) is 31.9 Å². The Morgan fingerprint density at radius 2 is 2.09 bits per heavy atom. The maximum atomic E-state index is 12.5. The molecular weight excluding hydrogens is 290 g/mol. The summed E-state index contributed by atoms with van der Waals surface area (Å²) < 4.78 is 6.18. The molecule has 0 fully saturated rings. The smallest absolute Gasteiger partial charge is 0.255 e. The lowest BCUT2D eigenvalue weighted by molar-refractivity contribution is 0.122. The molecule has 0 bridgehead atoms. The largest absolute Gasteiger partial charge is 0.484 e. The normalized spacial score (nSPS) is 23.5. The zero-order valence-corrected chi connectivity index (χ0v) is 13.6. The third kappa shape index (κ3) is 2.30. The number of aliphatic hydroxyl groups is 1. The van der Waals surface area contributed by atoms with E-state index >= 15 is 0 Å². The lowest BCUT2D eigenvalue weighted by Crippen LogP contribution is -2.42. The van der Waals surface area contributed by atoms with Crippen LogP contribution in [0.4, 0.5) is 0 Å². The number of hydrogen-bond donors (Lipinski definition) is 2. The Kier molecular flexibility index (Phi) is 3.86. The van der Waals surface area contributed by atoms with Crippen LogP contribution >= 0.6 is 0 Å². The molecule has 0 amide bonds. The first-order valence-electron chi connectivity index (χ1n) is 7.75. The average molecular weight is 311 g/mol. The molecule has 1 aliphatic rings. The number of aromatic nitrogens is 1. The van der Waals surface area contributed by atoms with E-state index in [1.807, 2.05) is 57.2 Å². The summed E-state index contributed by atoms with van der Waals surface area (Å²) in [6, 6.07) is 9.79. The highest BCUT2D eigenvalue weighted by Gasteiger charge is 2.48. The van der Waals surface area contributed by atoms with Gasteiger partial charge in [0.25, 0.3) is 5.56 Å². The van der Waals surface area contributed by atoms with Gasteiger partial charge in [-0.25, -0.2) is 0 Å². The first kappa shape index (κ1) is 15.6. The molecule has 4 nitrogen and oxygen atoms in total. The van der Waals surface area contributed by atoms with Gasteiger partial charge in [0.15, 0.2) is 0 Å². The molecule has 3 rings (SSSR count). The molecule has 23 heavy (non-hydrogen) atoms. The van der Waals surface area contributed by atoms with Gasteiger partial charge in [0.1, 0.15) is 11.9 Å². The van der Waals surface area contributed by atoms with Crippen LogP contribution in [0, 0.1) is 0 Å². The Bertz CT molecular complexity index is 807. The number of pyridine rings is 1. The van der Waals surface area contributed by atoms with Crippen LogP contribution in [-0.2, 0) is 5.41 Å². The second kappa shape index (κ2) is 5.70. The fourth-order valence-corrected chi connectivity index (χ4v) is 3.27. The molecule has 2 aromatic rings. The first-order valence-corrected chi connectivity index (χ1v) is 7.75. The van der Waals surface area contributed by atoms with Gasteiger partial charge in [-0.3, -0.25) is 4.79 Å². The lowest BCUT2D eigenvalue weighted by atomic mass is 9.77. The number of rotatable bonds is 3. The number of benzene rings is 1. The highest BCUT2D eigenvalue weighted by Crippen LogP contribution is 2.47. The molecular formula is C19H21NO3. The molecule has 0 aliphatic carbocycles. The van der Waals surface area contributed by atoms with Crippen LogP contribution in [0.25, 0.3) is 11.1 Å². The molecule has 4 heteroatoms. The molecule has 2 atom stereocenters. The van der Waals surface area contributed by atoms with E-state index in [1.165, 1.54) is 0 Å². The van der Waals surface area contributed by atoms with Gasteiger partial charge in [0.05, 0.1) is 17.6 Å².